The van der Waals surface area contributed by atoms with Gasteiger partial charge in [-0.3, -0.25) is 0 Å². The molecule has 0 bridgehead atoms. The van der Waals surface area contributed by atoms with Crippen LogP contribution in [-0.4, -0.2) is 19.9 Å². The van der Waals surface area contributed by atoms with Crippen molar-refractivity contribution in [2.24, 2.45) is 5.73 Å². The second-order valence-electron chi connectivity index (χ2n) is 2.97. The molecule has 0 aliphatic rings. The number of ether oxygens (including phenoxy) is 1. The lowest BCUT2D eigenvalue weighted by Crippen LogP contribution is -2.02. The van der Waals surface area contributed by atoms with Crippen LogP contribution in [0.3, 0.4) is 0 Å². The molecule has 0 unspecified atom stereocenters. The molecule has 0 aliphatic heterocycles. The lowest BCUT2D eigenvalue weighted by Gasteiger charge is -1.94. The molecule has 0 saturated carbocycles. The predicted octanol–water partition coefficient (Wildman–Crippen LogP) is 2.82. The number of aryl methyl sites for hydroxylation is 1. The first-order valence-electron chi connectivity index (χ1n) is 4.66. The summed E-state index contributed by atoms with van der Waals surface area (Å²) in [7, 11) is 1.55. The van der Waals surface area contributed by atoms with E-state index in [1.54, 1.807) is 18.9 Å². The molecule has 1 aromatic carbocycles. The van der Waals surface area contributed by atoms with Crippen LogP contribution in [0.25, 0.3) is 0 Å². The fourth-order valence-electron chi connectivity index (χ4n) is 0.826. The van der Waals surface area contributed by atoms with E-state index in [1.165, 1.54) is 10.5 Å². The molecule has 0 atom stereocenters. The fraction of sp³-hybridized carbons (Fsp3) is 0.333. The average Bonchev–Trinajstić information content (AvgIpc) is 2.28. The molecular formula is C12H19NOS. The summed E-state index contributed by atoms with van der Waals surface area (Å²) in [5.74, 6) is 0.620. The van der Waals surface area contributed by atoms with Crippen molar-refractivity contribution in [2.45, 2.75) is 11.8 Å². The van der Waals surface area contributed by atoms with Crippen molar-refractivity contribution in [1.29, 1.82) is 0 Å². The lowest BCUT2D eigenvalue weighted by molar-refractivity contribution is 0.289. The summed E-state index contributed by atoms with van der Waals surface area (Å²) >= 11 is 1.78. The van der Waals surface area contributed by atoms with Gasteiger partial charge in [0.15, 0.2) is 0 Å². The van der Waals surface area contributed by atoms with Gasteiger partial charge in [0.25, 0.3) is 0 Å². The van der Waals surface area contributed by atoms with E-state index in [-0.39, 0.29) is 0 Å². The van der Waals surface area contributed by atoms with Crippen LogP contribution >= 0.6 is 11.8 Å². The maximum absolute atomic E-state index is 5.06. The van der Waals surface area contributed by atoms with Gasteiger partial charge in [-0.25, -0.2) is 0 Å². The van der Waals surface area contributed by atoms with Crippen LogP contribution in [-0.2, 0) is 4.74 Å². The summed E-state index contributed by atoms with van der Waals surface area (Å²) in [6, 6.07) is 8.50. The van der Waals surface area contributed by atoms with Gasteiger partial charge in [0.2, 0.25) is 0 Å². The number of hydrogen-bond donors (Lipinski definition) is 1. The Labute approximate surface area is 96.5 Å². The minimum absolute atomic E-state index is 0.413. The van der Waals surface area contributed by atoms with Crippen molar-refractivity contribution in [3.63, 3.8) is 0 Å². The molecule has 1 rings (SSSR count). The van der Waals surface area contributed by atoms with Gasteiger partial charge in [0.1, 0.15) is 5.76 Å². The molecule has 3 heteroatoms. The van der Waals surface area contributed by atoms with Gasteiger partial charge >= 0.3 is 0 Å². The number of hydrogen-bond acceptors (Lipinski definition) is 3. The van der Waals surface area contributed by atoms with E-state index in [9.17, 15) is 0 Å². The highest BCUT2D eigenvalue weighted by atomic mass is 32.2. The number of nitrogens with two attached hydrogens (primary N) is 1. The van der Waals surface area contributed by atoms with E-state index >= 15 is 0 Å². The Kier molecular flexibility index (Phi) is 7.86. The van der Waals surface area contributed by atoms with Crippen molar-refractivity contribution in [3.8, 4) is 0 Å². The number of benzene rings is 1. The highest BCUT2D eigenvalue weighted by molar-refractivity contribution is 7.98. The molecular weight excluding hydrogens is 206 g/mol. The summed E-state index contributed by atoms with van der Waals surface area (Å²) in [5.41, 5.74) is 6.39. The van der Waals surface area contributed by atoms with Gasteiger partial charge in [-0.15, -0.1) is 11.8 Å². The van der Waals surface area contributed by atoms with Crippen molar-refractivity contribution < 1.29 is 4.74 Å². The monoisotopic (exact) mass is 225 g/mol. The second kappa shape index (κ2) is 8.38. The molecule has 0 aliphatic carbocycles. The Bertz CT molecular complexity index is 293. The molecule has 0 radical (unpaired) electrons. The number of rotatable bonds is 3. The van der Waals surface area contributed by atoms with Crippen molar-refractivity contribution in [3.05, 3.63) is 42.2 Å². The van der Waals surface area contributed by atoms with Crippen LogP contribution < -0.4 is 5.73 Å². The van der Waals surface area contributed by atoms with Crippen molar-refractivity contribution in [1.82, 2.24) is 0 Å². The van der Waals surface area contributed by atoms with E-state index in [0.717, 1.165) is 0 Å². The van der Waals surface area contributed by atoms with Crippen LogP contribution in [0.2, 0.25) is 0 Å². The molecule has 15 heavy (non-hydrogen) atoms. The van der Waals surface area contributed by atoms with Gasteiger partial charge in [-0.2, -0.15) is 0 Å². The lowest BCUT2D eigenvalue weighted by atomic mass is 10.2. The van der Waals surface area contributed by atoms with Crippen LogP contribution in [0.15, 0.2) is 41.5 Å². The number of methoxy groups -OCH3 is 1. The largest absolute Gasteiger partial charge is 0.500 e. The fourth-order valence-corrected chi connectivity index (χ4v) is 1.34. The Morgan fingerprint density at radius 2 is 2.20 bits per heavy atom. The molecule has 2 N–H and O–H groups in total. The predicted molar refractivity (Wildman–Crippen MR) is 68.2 cm³/mol. The zero-order valence-electron chi connectivity index (χ0n) is 9.62. The Balaban J connectivity index is 0.000000288. The minimum Gasteiger partial charge on any atom is -0.500 e. The van der Waals surface area contributed by atoms with E-state index in [0.29, 0.717) is 12.3 Å². The Morgan fingerprint density at radius 3 is 2.47 bits per heavy atom. The molecule has 0 spiro atoms. The van der Waals surface area contributed by atoms with Crippen LogP contribution in [0.5, 0.6) is 0 Å². The third-order valence-corrected chi connectivity index (χ3v) is 2.47. The normalized spacial score (nSPS) is 8.80. The van der Waals surface area contributed by atoms with Gasteiger partial charge in [0.05, 0.1) is 13.7 Å². The van der Waals surface area contributed by atoms with Crippen LogP contribution in [0.1, 0.15) is 5.56 Å². The smallest absolute Gasteiger partial charge is 0.102 e. The molecule has 2 nitrogen and oxygen atoms in total. The third-order valence-electron chi connectivity index (χ3n) is 1.74. The third kappa shape index (κ3) is 7.05. The van der Waals surface area contributed by atoms with Crippen LogP contribution in [0, 0.1) is 6.92 Å². The van der Waals surface area contributed by atoms with Gasteiger partial charge in [-0.05, 0) is 25.3 Å². The first-order chi connectivity index (χ1) is 7.13. The first kappa shape index (κ1) is 14.1. The zero-order chi connectivity index (χ0) is 11.7. The molecule has 0 heterocycles. The van der Waals surface area contributed by atoms with Gasteiger partial charge < -0.3 is 10.5 Å². The highest BCUT2D eigenvalue weighted by Gasteiger charge is 1.86. The average molecular weight is 225 g/mol. The quantitative estimate of drug-likeness (QED) is 0.634. The molecule has 84 valence electrons. The summed E-state index contributed by atoms with van der Waals surface area (Å²) in [5, 5.41) is 0. The summed E-state index contributed by atoms with van der Waals surface area (Å²) in [6.07, 6.45) is 2.09. The first-order valence-corrected chi connectivity index (χ1v) is 5.89. The van der Waals surface area contributed by atoms with Gasteiger partial charge in [-0.1, -0.05) is 24.3 Å². The summed E-state index contributed by atoms with van der Waals surface area (Å²) < 4.78 is 4.58. The van der Waals surface area contributed by atoms with Crippen molar-refractivity contribution >= 4 is 11.8 Å². The highest BCUT2D eigenvalue weighted by Crippen LogP contribution is 2.14. The second-order valence-corrected chi connectivity index (χ2v) is 3.85. The summed E-state index contributed by atoms with van der Waals surface area (Å²) in [4.78, 5) is 1.34. The SMILES string of the molecule is C=C(CN)OC.CSc1cccc(C)c1. The summed E-state index contributed by atoms with van der Waals surface area (Å²) in [6.45, 7) is 5.97. The molecule has 0 saturated heterocycles. The number of thioether (sulfide) groups is 1. The topological polar surface area (TPSA) is 35.2 Å². The molecule has 0 aromatic heterocycles. The maximum Gasteiger partial charge on any atom is 0.102 e. The Morgan fingerprint density at radius 1 is 1.53 bits per heavy atom. The van der Waals surface area contributed by atoms with E-state index in [4.69, 9.17) is 5.73 Å². The molecule has 0 fully saturated rings. The van der Waals surface area contributed by atoms with E-state index in [1.807, 2.05) is 0 Å². The van der Waals surface area contributed by atoms with Gasteiger partial charge in [0, 0.05) is 4.90 Å². The van der Waals surface area contributed by atoms with Crippen molar-refractivity contribution in [2.75, 3.05) is 19.9 Å². The minimum atomic E-state index is 0.413. The standard InChI is InChI=1S/C8H10S.C4H9NO/c1-7-4-3-5-8(6-7)9-2;1-4(3-5)6-2/h3-6H,1-2H3;1,3,5H2,2H3. The molecule has 1 aromatic rings. The Hall–Kier alpha value is -0.930. The molecule has 0 amide bonds. The van der Waals surface area contributed by atoms with Crippen LogP contribution in [0.4, 0.5) is 0 Å². The van der Waals surface area contributed by atoms with E-state index in [2.05, 4.69) is 48.8 Å². The maximum atomic E-state index is 5.06. The van der Waals surface area contributed by atoms with E-state index < -0.39 is 0 Å². The zero-order valence-corrected chi connectivity index (χ0v) is 10.4.